The zero-order valence-electron chi connectivity index (χ0n) is 12.7. The Kier molecular flexibility index (Phi) is 5.40. The van der Waals surface area contributed by atoms with Crippen LogP contribution in [0, 0.1) is 0 Å². The molecule has 1 aliphatic rings. The van der Waals surface area contributed by atoms with E-state index in [1.54, 1.807) is 7.11 Å². The molecule has 4 heteroatoms. The van der Waals surface area contributed by atoms with Crippen LogP contribution in [0.25, 0.3) is 0 Å². The van der Waals surface area contributed by atoms with Crippen LogP contribution in [0.2, 0.25) is 0 Å². The van der Waals surface area contributed by atoms with Gasteiger partial charge in [-0.05, 0) is 44.5 Å². The van der Waals surface area contributed by atoms with Gasteiger partial charge in [-0.15, -0.1) is 0 Å². The molecule has 0 spiro atoms. The van der Waals surface area contributed by atoms with E-state index in [0.717, 1.165) is 37.4 Å². The number of nitrogens with two attached hydrogens (primary N) is 1. The molecule has 0 bridgehead atoms. The molecule has 2 unspecified atom stereocenters. The van der Waals surface area contributed by atoms with Gasteiger partial charge in [0.05, 0.1) is 7.11 Å². The summed E-state index contributed by atoms with van der Waals surface area (Å²) in [7, 11) is 3.85. The highest BCUT2D eigenvalue weighted by atomic mass is 16.5. The third-order valence-electron chi connectivity index (χ3n) is 4.43. The van der Waals surface area contributed by atoms with Crippen molar-refractivity contribution in [2.24, 2.45) is 5.73 Å². The lowest BCUT2D eigenvalue weighted by Gasteiger charge is -2.38. The van der Waals surface area contributed by atoms with Crippen LogP contribution in [0.3, 0.4) is 0 Å². The summed E-state index contributed by atoms with van der Waals surface area (Å²) in [6.07, 6.45) is 2.19. The summed E-state index contributed by atoms with van der Waals surface area (Å²) in [5.41, 5.74) is 7.57. The van der Waals surface area contributed by atoms with Gasteiger partial charge in [-0.1, -0.05) is 12.1 Å². The molecule has 0 amide bonds. The summed E-state index contributed by atoms with van der Waals surface area (Å²) < 4.78 is 10.6. The van der Waals surface area contributed by atoms with Crippen LogP contribution >= 0.6 is 0 Å². The number of nitrogens with zero attached hydrogens (tertiary/aromatic N) is 1. The first-order valence-corrected chi connectivity index (χ1v) is 7.32. The van der Waals surface area contributed by atoms with Crippen molar-refractivity contribution in [2.45, 2.75) is 37.9 Å². The number of likely N-dealkylation sites (N-methyl/N-ethyl adjacent to an activating group) is 1. The number of benzene rings is 1. The molecule has 112 valence electrons. The van der Waals surface area contributed by atoms with Gasteiger partial charge in [-0.3, -0.25) is 4.90 Å². The van der Waals surface area contributed by atoms with Crippen LogP contribution in [0.1, 0.15) is 31.4 Å². The summed E-state index contributed by atoms with van der Waals surface area (Å²) in [5.74, 6) is 0.867. The van der Waals surface area contributed by atoms with E-state index in [2.05, 4.69) is 31.0 Å². The van der Waals surface area contributed by atoms with Crippen molar-refractivity contribution in [1.29, 1.82) is 0 Å². The monoisotopic (exact) mass is 278 g/mol. The predicted molar refractivity (Wildman–Crippen MR) is 81.0 cm³/mol. The average molecular weight is 278 g/mol. The molecule has 1 fully saturated rings. The largest absolute Gasteiger partial charge is 0.497 e. The highest BCUT2D eigenvalue weighted by molar-refractivity contribution is 5.29. The Morgan fingerprint density at radius 1 is 1.25 bits per heavy atom. The SMILES string of the molecule is COc1ccc(C(N)C(C)N(C)C2CCOCC2)cc1. The van der Waals surface area contributed by atoms with Gasteiger partial charge in [0.15, 0.2) is 0 Å². The second-order valence-corrected chi connectivity index (χ2v) is 5.55. The van der Waals surface area contributed by atoms with Crippen molar-refractivity contribution < 1.29 is 9.47 Å². The standard InChI is InChI=1S/C16H26N2O2/c1-12(18(2)14-8-10-20-11-9-14)16(17)13-4-6-15(19-3)7-5-13/h4-7,12,14,16H,8-11,17H2,1-3H3. The Morgan fingerprint density at radius 3 is 2.40 bits per heavy atom. The third kappa shape index (κ3) is 3.51. The molecular formula is C16H26N2O2. The van der Waals surface area contributed by atoms with Crippen molar-refractivity contribution in [1.82, 2.24) is 4.90 Å². The fourth-order valence-electron chi connectivity index (χ4n) is 2.78. The summed E-state index contributed by atoms with van der Waals surface area (Å²) in [6, 6.07) is 8.92. The molecule has 1 aromatic rings. The van der Waals surface area contributed by atoms with E-state index >= 15 is 0 Å². The van der Waals surface area contributed by atoms with Crippen LogP contribution in [0.15, 0.2) is 24.3 Å². The fraction of sp³-hybridized carbons (Fsp3) is 0.625. The van der Waals surface area contributed by atoms with Crippen LogP contribution in [-0.4, -0.2) is 44.4 Å². The molecule has 20 heavy (non-hydrogen) atoms. The van der Waals surface area contributed by atoms with E-state index in [4.69, 9.17) is 15.2 Å². The molecule has 2 atom stereocenters. The number of rotatable bonds is 5. The molecule has 4 nitrogen and oxygen atoms in total. The normalized spacial score (nSPS) is 19.9. The molecular weight excluding hydrogens is 252 g/mol. The quantitative estimate of drug-likeness (QED) is 0.897. The van der Waals surface area contributed by atoms with Gasteiger partial charge in [-0.25, -0.2) is 0 Å². The summed E-state index contributed by atoms with van der Waals surface area (Å²) in [4.78, 5) is 2.40. The smallest absolute Gasteiger partial charge is 0.118 e. The van der Waals surface area contributed by atoms with E-state index in [9.17, 15) is 0 Å². The molecule has 1 saturated heterocycles. The molecule has 0 aromatic heterocycles. The molecule has 0 saturated carbocycles. The Morgan fingerprint density at radius 2 is 1.85 bits per heavy atom. The van der Waals surface area contributed by atoms with Crippen molar-refractivity contribution >= 4 is 0 Å². The molecule has 1 aliphatic heterocycles. The van der Waals surface area contributed by atoms with Crippen LogP contribution in [-0.2, 0) is 4.74 Å². The topological polar surface area (TPSA) is 47.7 Å². The third-order valence-corrected chi connectivity index (χ3v) is 4.43. The van der Waals surface area contributed by atoms with Gasteiger partial charge in [-0.2, -0.15) is 0 Å². The Balaban J connectivity index is 2.00. The maximum absolute atomic E-state index is 6.42. The zero-order chi connectivity index (χ0) is 14.5. The van der Waals surface area contributed by atoms with Crippen molar-refractivity contribution in [3.8, 4) is 5.75 Å². The first-order valence-electron chi connectivity index (χ1n) is 7.32. The maximum atomic E-state index is 6.42. The minimum atomic E-state index is 0.00810. The second-order valence-electron chi connectivity index (χ2n) is 5.55. The zero-order valence-corrected chi connectivity index (χ0v) is 12.7. The molecule has 1 heterocycles. The lowest BCUT2D eigenvalue weighted by Crippen LogP contribution is -2.46. The van der Waals surface area contributed by atoms with Gasteiger partial charge in [0.1, 0.15) is 5.75 Å². The van der Waals surface area contributed by atoms with Crippen molar-refractivity contribution in [2.75, 3.05) is 27.4 Å². The van der Waals surface area contributed by atoms with Gasteiger partial charge >= 0.3 is 0 Å². The Labute approximate surface area is 121 Å². The van der Waals surface area contributed by atoms with Gasteiger partial charge in [0.2, 0.25) is 0 Å². The van der Waals surface area contributed by atoms with Crippen molar-refractivity contribution in [3.05, 3.63) is 29.8 Å². The van der Waals surface area contributed by atoms with Gasteiger partial charge in [0.25, 0.3) is 0 Å². The molecule has 1 aromatic carbocycles. The molecule has 2 rings (SSSR count). The van der Waals surface area contributed by atoms with Crippen LogP contribution in [0.4, 0.5) is 0 Å². The van der Waals surface area contributed by atoms with Gasteiger partial charge in [0, 0.05) is 31.3 Å². The van der Waals surface area contributed by atoms with Crippen LogP contribution in [0.5, 0.6) is 5.75 Å². The first-order chi connectivity index (χ1) is 9.63. The highest BCUT2D eigenvalue weighted by Crippen LogP contribution is 2.24. The van der Waals surface area contributed by atoms with E-state index in [0.29, 0.717) is 12.1 Å². The summed E-state index contributed by atoms with van der Waals surface area (Å²) >= 11 is 0. The lowest BCUT2D eigenvalue weighted by atomic mass is 9.97. The number of ether oxygens (including phenoxy) is 2. The molecule has 0 radical (unpaired) electrons. The van der Waals surface area contributed by atoms with E-state index in [-0.39, 0.29) is 6.04 Å². The summed E-state index contributed by atoms with van der Waals surface area (Å²) in [5, 5.41) is 0. The number of hydrogen-bond acceptors (Lipinski definition) is 4. The second kappa shape index (κ2) is 7.07. The van der Waals surface area contributed by atoms with E-state index in [1.165, 1.54) is 0 Å². The first kappa shape index (κ1) is 15.3. The fourth-order valence-corrected chi connectivity index (χ4v) is 2.78. The molecule has 0 aliphatic carbocycles. The van der Waals surface area contributed by atoms with E-state index in [1.807, 2.05) is 12.1 Å². The number of methoxy groups -OCH3 is 1. The maximum Gasteiger partial charge on any atom is 0.118 e. The lowest BCUT2D eigenvalue weighted by molar-refractivity contribution is 0.0271. The molecule has 2 N–H and O–H groups in total. The van der Waals surface area contributed by atoms with Gasteiger partial charge < -0.3 is 15.2 Å². The minimum absolute atomic E-state index is 0.00810. The summed E-state index contributed by atoms with van der Waals surface area (Å²) in [6.45, 7) is 3.92. The van der Waals surface area contributed by atoms with E-state index < -0.39 is 0 Å². The minimum Gasteiger partial charge on any atom is -0.497 e. The Bertz CT molecular complexity index is 401. The Hall–Kier alpha value is -1.10. The average Bonchev–Trinajstić information content (AvgIpc) is 2.53. The van der Waals surface area contributed by atoms with Crippen molar-refractivity contribution in [3.63, 3.8) is 0 Å². The predicted octanol–water partition coefficient (Wildman–Crippen LogP) is 2.19. The number of hydrogen-bond donors (Lipinski definition) is 1. The highest BCUT2D eigenvalue weighted by Gasteiger charge is 2.26. The van der Waals surface area contributed by atoms with Crippen LogP contribution < -0.4 is 10.5 Å².